The van der Waals surface area contributed by atoms with Crippen molar-refractivity contribution in [3.05, 3.63) is 29.7 Å². The zero-order valence-corrected chi connectivity index (χ0v) is 11.0. The maximum absolute atomic E-state index is 12.4. The summed E-state index contributed by atoms with van der Waals surface area (Å²) in [4.78, 5) is 16.6. The molecule has 1 aromatic heterocycles. The normalized spacial score (nSPS) is 12.0. The van der Waals surface area contributed by atoms with Crippen LogP contribution in [0.2, 0.25) is 0 Å². The lowest BCUT2D eigenvalue weighted by Crippen LogP contribution is -2.27. The Hall–Kier alpha value is -1.68. The van der Waals surface area contributed by atoms with Crippen LogP contribution < -0.4 is 5.73 Å². The third kappa shape index (κ3) is 2.29. The van der Waals surface area contributed by atoms with E-state index < -0.39 is 5.41 Å². The van der Waals surface area contributed by atoms with Gasteiger partial charge >= 0.3 is 0 Å². The minimum atomic E-state index is -0.443. The van der Waals surface area contributed by atoms with Crippen LogP contribution >= 0.6 is 0 Å². The maximum atomic E-state index is 12.4. The van der Waals surface area contributed by atoms with E-state index in [2.05, 4.69) is 4.98 Å². The fourth-order valence-electron chi connectivity index (χ4n) is 2.05. The lowest BCUT2D eigenvalue weighted by atomic mass is 9.81. The van der Waals surface area contributed by atoms with E-state index >= 15 is 0 Å². The van der Waals surface area contributed by atoms with Crippen LogP contribution in [0.5, 0.6) is 0 Å². The summed E-state index contributed by atoms with van der Waals surface area (Å²) in [7, 11) is 0. The van der Waals surface area contributed by atoms with E-state index in [4.69, 9.17) is 10.2 Å². The number of hydrogen-bond donors (Lipinski definition) is 1. The van der Waals surface area contributed by atoms with E-state index in [-0.39, 0.29) is 5.78 Å². The highest BCUT2D eigenvalue weighted by atomic mass is 16.3. The molecule has 0 radical (unpaired) electrons. The minimum absolute atomic E-state index is 0.0931. The molecule has 4 heteroatoms. The molecule has 1 aromatic carbocycles. The van der Waals surface area contributed by atoms with Crippen molar-refractivity contribution >= 4 is 16.9 Å². The molecule has 0 spiro atoms. The smallest absolute Gasteiger partial charge is 0.192 e. The number of nitrogens with two attached hydrogens (primary N) is 1. The van der Waals surface area contributed by atoms with Crippen LogP contribution in [0, 0.1) is 12.3 Å². The number of ketones is 1. The Morgan fingerprint density at radius 1 is 1.44 bits per heavy atom. The molecule has 0 amide bonds. The van der Waals surface area contributed by atoms with Gasteiger partial charge in [-0.2, -0.15) is 0 Å². The number of oxazole rings is 1. The van der Waals surface area contributed by atoms with Gasteiger partial charge in [-0.15, -0.1) is 0 Å². The second kappa shape index (κ2) is 4.53. The number of carbonyl (C=O) groups is 1. The predicted octanol–water partition coefficient (Wildman–Crippen LogP) is 2.69. The molecule has 0 aliphatic rings. The van der Waals surface area contributed by atoms with Crippen LogP contribution in [0.4, 0.5) is 0 Å². The number of hydrogen-bond acceptors (Lipinski definition) is 4. The van der Waals surface area contributed by atoms with Gasteiger partial charge in [0, 0.05) is 17.9 Å². The summed E-state index contributed by atoms with van der Waals surface area (Å²) >= 11 is 0. The first kappa shape index (κ1) is 12.8. The van der Waals surface area contributed by atoms with Crippen molar-refractivity contribution in [3.8, 4) is 0 Å². The summed E-state index contributed by atoms with van der Waals surface area (Å²) < 4.78 is 5.39. The van der Waals surface area contributed by atoms with Crippen molar-refractivity contribution in [2.75, 3.05) is 6.54 Å². The van der Waals surface area contributed by atoms with Crippen LogP contribution in [0.1, 0.15) is 36.5 Å². The molecule has 2 N–H and O–H groups in total. The van der Waals surface area contributed by atoms with E-state index in [9.17, 15) is 4.79 Å². The van der Waals surface area contributed by atoms with Gasteiger partial charge in [-0.25, -0.2) is 4.98 Å². The summed E-state index contributed by atoms with van der Waals surface area (Å²) in [6.45, 7) is 6.13. The Morgan fingerprint density at radius 3 is 2.83 bits per heavy atom. The number of nitrogens with zero attached hydrogens (tertiary/aromatic N) is 1. The molecule has 2 rings (SSSR count). The fourth-order valence-corrected chi connectivity index (χ4v) is 2.05. The molecule has 0 saturated carbocycles. The molecule has 0 saturated heterocycles. The van der Waals surface area contributed by atoms with Crippen LogP contribution in [-0.2, 0) is 0 Å². The molecule has 1 heterocycles. The Bertz CT molecular complexity index is 584. The average Bonchev–Trinajstić information content (AvgIpc) is 2.66. The van der Waals surface area contributed by atoms with Crippen molar-refractivity contribution in [1.29, 1.82) is 0 Å². The third-order valence-electron chi connectivity index (χ3n) is 3.14. The summed E-state index contributed by atoms with van der Waals surface area (Å²) in [5.74, 6) is 0.700. The lowest BCUT2D eigenvalue weighted by Gasteiger charge is -2.22. The van der Waals surface area contributed by atoms with Crippen LogP contribution in [0.15, 0.2) is 22.6 Å². The summed E-state index contributed by atoms with van der Waals surface area (Å²) in [5, 5.41) is 0. The van der Waals surface area contributed by atoms with E-state index in [1.54, 1.807) is 25.1 Å². The molecule has 0 fully saturated rings. The van der Waals surface area contributed by atoms with Gasteiger partial charge in [-0.3, -0.25) is 4.79 Å². The lowest BCUT2D eigenvalue weighted by molar-refractivity contribution is 0.0829. The molecular weight excluding hydrogens is 228 g/mol. The summed E-state index contributed by atoms with van der Waals surface area (Å²) in [6, 6.07) is 5.36. The topological polar surface area (TPSA) is 69.1 Å². The predicted molar refractivity (Wildman–Crippen MR) is 70.5 cm³/mol. The molecule has 0 aliphatic heterocycles. The van der Waals surface area contributed by atoms with Crippen LogP contribution in [0.25, 0.3) is 11.1 Å². The molecule has 0 bridgehead atoms. The molecular formula is C14H18N2O2. The molecule has 18 heavy (non-hydrogen) atoms. The van der Waals surface area contributed by atoms with Crippen LogP contribution in [0.3, 0.4) is 0 Å². The standard InChI is InChI=1S/C14H18N2O2/c1-9-16-11-8-10(4-5-12(11)18-9)13(17)14(2,3)6-7-15/h4-5,8H,6-7,15H2,1-3H3. The number of benzene rings is 1. The zero-order chi connectivity index (χ0) is 13.3. The fraction of sp³-hybridized carbons (Fsp3) is 0.429. The molecule has 0 atom stereocenters. The van der Waals surface area contributed by atoms with Gasteiger partial charge in [0.2, 0.25) is 0 Å². The number of aryl methyl sites for hydroxylation is 1. The molecule has 4 nitrogen and oxygen atoms in total. The number of rotatable bonds is 4. The molecule has 0 aliphatic carbocycles. The Labute approximate surface area is 106 Å². The SMILES string of the molecule is Cc1nc2cc(C(=O)C(C)(C)CCN)ccc2o1. The van der Waals surface area contributed by atoms with Gasteiger partial charge in [0.05, 0.1) is 0 Å². The first-order valence-corrected chi connectivity index (χ1v) is 6.06. The second-order valence-corrected chi connectivity index (χ2v) is 5.17. The molecule has 0 unspecified atom stereocenters. The van der Waals surface area contributed by atoms with E-state index in [0.717, 1.165) is 5.52 Å². The Balaban J connectivity index is 2.38. The van der Waals surface area contributed by atoms with Gasteiger partial charge in [0.15, 0.2) is 17.3 Å². The van der Waals surface area contributed by atoms with Crippen molar-refractivity contribution < 1.29 is 9.21 Å². The number of fused-ring (bicyclic) bond motifs is 1. The number of aromatic nitrogens is 1. The maximum Gasteiger partial charge on any atom is 0.192 e. The highest BCUT2D eigenvalue weighted by Gasteiger charge is 2.28. The zero-order valence-electron chi connectivity index (χ0n) is 11.0. The highest BCUT2D eigenvalue weighted by Crippen LogP contribution is 2.27. The number of Topliss-reactive ketones (excluding diaryl/α,β-unsaturated/α-hetero) is 1. The molecule has 2 aromatic rings. The highest BCUT2D eigenvalue weighted by molar-refractivity contribution is 6.02. The number of carbonyl (C=O) groups excluding carboxylic acids is 1. The van der Waals surface area contributed by atoms with Gasteiger partial charge in [0.25, 0.3) is 0 Å². The quantitative estimate of drug-likeness (QED) is 0.842. The van der Waals surface area contributed by atoms with Crippen molar-refractivity contribution in [1.82, 2.24) is 4.98 Å². The third-order valence-corrected chi connectivity index (χ3v) is 3.14. The van der Waals surface area contributed by atoms with Gasteiger partial charge in [-0.1, -0.05) is 13.8 Å². The summed E-state index contributed by atoms with van der Waals surface area (Å²) in [5.41, 5.74) is 7.20. The van der Waals surface area contributed by atoms with Crippen molar-refractivity contribution in [2.24, 2.45) is 11.1 Å². The van der Waals surface area contributed by atoms with Gasteiger partial charge in [-0.05, 0) is 31.2 Å². The first-order valence-electron chi connectivity index (χ1n) is 6.06. The molecule has 96 valence electrons. The van der Waals surface area contributed by atoms with Crippen molar-refractivity contribution in [2.45, 2.75) is 27.2 Å². The second-order valence-electron chi connectivity index (χ2n) is 5.17. The average molecular weight is 246 g/mol. The Morgan fingerprint density at radius 2 is 2.17 bits per heavy atom. The van der Waals surface area contributed by atoms with E-state index in [1.807, 2.05) is 13.8 Å². The van der Waals surface area contributed by atoms with E-state index in [0.29, 0.717) is 30.0 Å². The van der Waals surface area contributed by atoms with Gasteiger partial charge in [0.1, 0.15) is 5.52 Å². The minimum Gasteiger partial charge on any atom is -0.441 e. The first-order chi connectivity index (χ1) is 8.44. The van der Waals surface area contributed by atoms with E-state index in [1.165, 1.54) is 0 Å². The van der Waals surface area contributed by atoms with Crippen molar-refractivity contribution in [3.63, 3.8) is 0 Å². The largest absolute Gasteiger partial charge is 0.441 e. The summed E-state index contributed by atoms with van der Waals surface area (Å²) in [6.07, 6.45) is 0.668. The van der Waals surface area contributed by atoms with Crippen LogP contribution in [-0.4, -0.2) is 17.3 Å². The van der Waals surface area contributed by atoms with Gasteiger partial charge < -0.3 is 10.2 Å². The monoisotopic (exact) mass is 246 g/mol. The Kier molecular flexibility index (Phi) is 3.22.